The van der Waals surface area contributed by atoms with Crippen molar-refractivity contribution < 1.29 is 9.53 Å². The van der Waals surface area contributed by atoms with E-state index in [-0.39, 0.29) is 18.4 Å². The Morgan fingerprint density at radius 1 is 1.26 bits per heavy atom. The summed E-state index contributed by atoms with van der Waals surface area (Å²) in [5, 5.41) is 5.97. The molecule has 0 aliphatic heterocycles. The minimum Gasteiger partial charge on any atom is -0.497 e. The molecule has 2 aromatic heterocycles. The summed E-state index contributed by atoms with van der Waals surface area (Å²) < 4.78 is 5.22. The number of thiazole rings is 1. The van der Waals surface area contributed by atoms with Crippen molar-refractivity contribution in [2.45, 2.75) is 25.3 Å². The molecular weight excluding hydrogens is 358 g/mol. The van der Waals surface area contributed by atoms with Gasteiger partial charge in [-0.3, -0.25) is 9.78 Å². The van der Waals surface area contributed by atoms with E-state index in [1.807, 2.05) is 47.8 Å². The summed E-state index contributed by atoms with van der Waals surface area (Å²) in [6, 6.07) is 13.7. The average molecular weight is 379 g/mol. The first-order valence-corrected chi connectivity index (χ1v) is 9.90. The molecule has 0 bridgehead atoms. The molecule has 1 fully saturated rings. The quantitative estimate of drug-likeness (QED) is 0.673. The van der Waals surface area contributed by atoms with Gasteiger partial charge in [0.1, 0.15) is 10.8 Å². The number of rotatable bonds is 7. The Balaban J connectivity index is 1.42. The molecule has 2 heterocycles. The number of nitrogens with one attached hydrogen (secondary N) is 1. The van der Waals surface area contributed by atoms with E-state index in [0.29, 0.717) is 5.92 Å². The van der Waals surface area contributed by atoms with Crippen LogP contribution in [-0.4, -0.2) is 23.0 Å². The second-order valence-electron chi connectivity index (χ2n) is 6.69. The number of nitrogens with zero attached hydrogens (tertiary/aromatic N) is 2. The summed E-state index contributed by atoms with van der Waals surface area (Å²) in [6.45, 7) is 0. The first-order valence-electron chi connectivity index (χ1n) is 9.02. The van der Waals surface area contributed by atoms with Crippen molar-refractivity contribution in [3.05, 3.63) is 65.3 Å². The third-order valence-electron chi connectivity index (χ3n) is 4.66. The molecule has 1 saturated carbocycles. The van der Waals surface area contributed by atoms with Gasteiger partial charge in [-0.2, -0.15) is 0 Å². The normalized spacial score (nSPS) is 14.6. The molecule has 138 valence electrons. The number of benzene rings is 1. The van der Waals surface area contributed by atoms with Crippen LogP contribution < -0.4 is 10.1 Å². The minimum absolute atomic E-state index is 0.000545. The maximum atomic E-state index is 12.6. The molecule has 1 aliphatic carbocycles. The molecule has 1 N–H and O–H groups in total. The molecule has 1 amide bonds. The van der Waals surface area contributed by atoms with Crippen LogP contribution in [0.1, 0.15) is 30.1 Å². The van der Waals surface area contributed by atoms with E-state index in [1.165, 1.54) is 11.3 Å². The molecule has 3 aromatic rings. The average Bonchev–Trinajstić information content (AvgIpc) is 3.45. The van der Waals surface area contributed by atoms with Crippen molar-refractivity contribution in [3.63, 3.8) is 0 Å². The first kappa shape index (κ1) is 17.7. The third kappa shape index (κ3) is 4.34. The molecule has 1 aliphatic rings. The summed E-state index contributed by atoms with van der Waals surface area (Å²) in [7, 11) is 1.65. The van der Waals surface area contributed by atoms with E-state index in [2.05, 4.69) is 15.3 Å². The molecule has 5 nitrogen and oxygen atoms in total. The highest BCUT2D eigenvalue weighted by molar-refractivity contribution is 7.13. The Kier molecular flexibility index (Phi) is 5.16. The topological polar surface area (TPSA) is 64.1 Å². The van der Waals surface area contributed by atoms with Crippen LogP contribution in [0.3, 0.4) is 0 Å². The number of hydrogen-bond acceptors (Lipinski definition) is 5. The number of carbonyl (C=O) groups excluding carboxylic acids is 1. The van der Waals surface area contributed by atoms with E-state index in [0.717, 1.165) is 40.6 Å². The summed E-state index contributed by atoms with van der Waals surface area (Å²) in [6.07, 6.45) is 4.33. The number of amides is 1. The van der Waals surface area contributed by atoms with Crippen molar-refractivity contribution in [2.75, 3.05) is 7.11 Å². The predicted octanol–water partition coefficient (Wildman–Crippen LogP) is 4.02. The van der Waals surface area contributed by atoms with Crippen molar-refractivity contribution >= 4 is 17.2 Å². The molecule has 1 aromatic carbocycles. The minimum atomic E-state index is 0.000545. The van der Waals surface area contributed by atoms with Gasteiger partial charge in [-0.05, 0) is 48.6 Å². The molecular formula is C21H21N3O2S. The van der Waals surface area contributed by atoms with E-state index >= 15 is 0 Å². The van der Waals surface area contributed by atoms with Gasteiger partial charge in [0.25, 0.3) is 0 Å². The lowest BCUT2D eigenvalue weighted by molar-refractivity contribution is -0.121. The molecule has 6 heteroatoms. The first-order chi connectivity index (χ1) is 13.2. The maximum absolute atomic E-state index is 12.6. The summed E-state index contributed by atoms with van der Waals surface area (Å²) >= 11 is 1.52. The number of carbonyl (C=O) groups is 1. The zero-order valence-electron chi connectivity index (χ0n) is 15.1. The van der Waals surface area contributed by atoms with Crippen LogP contribution in [0.15, 0.2) is 54.0 Å². The standard InChI is InChI=1S/C21H21N3O2S/c1-26-17-9-7-15(8-10-17)20(14-5-6-14)24-19(25)12-16-13-27-21(23-16)18-4-2-3-11-22-18/h2-4,7-11,13-14,20H,5-6,12H2,1H3,(H,24,25). The fraction of sp³-hybridized carbons (Fsp3) is 0.286. The molecule has 0 saturated heterocycles. The second-order valence-corrected chi connectivity index (χ2v) is 7.55. The van der Waals surface area contributed by atoms with Gasteiger partial charge >= 0.3 is 0 Å². The van der Waals surface area contributed by atoms with E-state index in [4.69, 9.17) is 4.74 Å². The highest BCUT2D eigenvalue weighted by Crippen LogP contribution is 2.41. The van der Waals surface area contributed by atoms with Crippen LogP contribution in [0, 0.1) is 5.92 Å². The van der Waals surface area contributed by atoms with Gasteiger partial charge < -0.3 is 10.1 Å². The van der Waals surface area contributed by atoms with Gasteiger partial charge in [-0.1, -0.05) is 18.2 Å². The maximum Gasteiger partial charge on any atom is 0.226 e. The highest BCUT2D eigenvalue weighted by atomic mass is 32.1. The second kappa shape index (κ2) is 7.88. The fourth-order valence-electron chi connectivity index (χ4n) is 3.10. The lowest BCUT2D eigenvalue weighted by atomic mass is 10.0. The SMILES string of the molecule is COc1ccc(C(NC(=O)Cc2csc(-c3ccccn3)n2)C2CC2)cc1. The van der Waals surface area contributed by atoms with Crippen molar-refractivity contribution in [3.8, 4) is 16.5 Å². The van der Waals surface area contributed by atoms with Crippen LogP contribution in [0.4, 0.5) is 0 Å². The molecule has 4 rings (SSSR count). The zero-order valence-corrected chi connectivity index (χ0v) is 15.9. The molecule has 1 unspecified atom stereocenters. The van der Waals surface area contributed by atoms with Crippen molar-refractivity contribution in [1.82, 2.24) is 15.3 Å². The Labute approximate surface area is 162 Å². The molecule has 1 atom stereocenters. The fourth-order valence-corrected chi connectivity index (χ4v) is 3.89. The summed E-state index contributed by atoms with van der Waals surface area (Å²) in [4.78, 5) is 21.5. The lowest BCUT2D eigenvalue weighted by Gasteiger charge is -2.19. The smallest absolute Gasteiger partial charge is 0.226 e. The van der Waals surface area contributed by atoms with E-state index in [1.54, 1.807) is 13.3 Å². The molecule has 0 radical (unpaired) electrons. The Morgan fingerprint density at radius 3 is 2.74 bits per heavy atom. The Hall–Kier alpha value is -2.73. The Morgan fingerprint density at radius 2 is 2.07 bits per heavy atom. The predicted molar refractivity (Wildman–Crippen MR) is 106 cm³/mol. The van der Waals surface area contributed by atoms with Gasteiger partial charge in [0.15, 0.2) is 0 Å². The van der Waals surface area contributed by atoms with Crippen LogP contribution in [0.25, 0.3) is 10.7 Å². The van der Waals surface area contributed by atoms with Gasteiger partial charge in [-0.15, -0.1) is 11.3 Å². The molecule has 27 heavy (non-hydrogen) atoms. The van der Waals surface area contributed by atoms with Crippen molar-refractivity contribution in [1.29, 1.82) is 0 Å². The number of methoxy groups -OCH3 is 1. The number of hydrogen-bond donors (Lipinski definition) is 1. The third-order valence-corrected chi connectivity index (χ3v) is 5.58. The van der Waals surface area contributed by atoms with Crippen LogP contribution in [0.2, 0.25) is 0 Å². The van der Waals surface area contributed by atoms with Gasteiger partial charge in [0.2, 0.25) is 5.91 Å². The van der Waals surface area contributed by atoms with E-state index in [9.17, 15) is 4.79 Å². The van der Waals surface area contributed by atoms with Gasteiger partial charge in [-0.25, -0.2) is 4.98 Å². The summed E-state index contributed by atoms with van der Waals surface area (Å²) in [5.41, 5.74) is 2.74. The number of aromatic nitrogens is 2. The Bertz CT molecular complexity index is 905. The highest BCUT2D eigenvalue weighted by Gasteiger charge is 2.33. The molecule has 0 spiro atoms. The zero-order chi connectivity index (χ0) is 18.6. The monoisotopic (exact) mass is 379 g/mol. The van der Waals surface area contributed by atoms with E-state index < -0.39 is 0 Å². The lowest BCUT2D eigenvalue weighted by Crippen LogP contribution is -2.31. The largest absolute Gasteiger partial charge is 0.497 e. The van der Waals surface area contributed by atoms with Gasteiger partial charge in [0.05, 0.1) is 31.0 Å². The summed E-state index contributed by atoms with van der Waals surface area (Å²) in [5.74, 6) is 1.34. The number of ether oxygens (including phenoxy) is 1. The van der Waals surface area contributed by atoms with Crippen LogP contribution in [0.5, 0.6) is 5.75 Å². The van der Waals surface area contributed by atoms with Crippen LogP contribution in [-0.2, 0) is 11.2 Å². The van der Waals surface area contributed by atoms with Gasteiger partial charge in [0, 0.05) is 11.6 Å². The number of pyridine rings is 1. The van der Waals surface area contributed by atoms with Crippen LogP contribution >= 0.6 is 11.3 Å². The van der Waals surface area contributed by atoms with Crippen molar-refractivity contribution in [2.24, 2.45) is 5.92 Å².